The standard InChI is InChI=1S/C20H26ClNO3/c21-14-9-10-16(18(23)25-15-7-3-1-4-8-15)17(13-14)20(19(22)24)11-5-2-6-12-20/h1,3-4,7-8,14,16-17H,2,5-6,9-13H2,(H2,22,24). The summed E-state index contributed by atoms with van der Waals surface area (Å²) in [5.41, 5.74) is 5.24. The van der Waals surface area contributed by atoms with Crippen molar-refractivity contribution in [1.82, 2.24) is 0 Å². The van der Waals surface area contributed by atoms with Gasteiger partial charge in [-0.05, 0) is 50.2 Å². The molecule has 2 N–H and O–H groups in total. The van der Waals surface area contributed by atoms with Crippen LogP contribution in [0, 0.1) is 17.3 Å². The second-order valence-corrected chi connectivity index (χ2v) is 8.06. The van der Waals surface area contributed by atoms with Gasteiger partial charge in [0.05, 0.1) is 11.3 Å². The summed E-state index contributed by atoms with van der Waals surface area (Å²) >= 11 is 6.42. The molecule has 25 heavy (non-hydrogen) atoms. The molecule has 1 amide bonds. The Morgan fingerprint density at radius 3 is 2.40 bits per heavy atom. The normalized spacial score (nSPS) is 28.9. The quantitative estimate of drug-likeness (QED) is 0.498. The zero-order valence-corrected chi connectivity index (χ0v) is 15.2. The minimum Gasteiger partial charge on any atom is -0.426 e. The van der Waals surface area contributed by atoms with Crippen LogP contribution in [0.4, 0.5) is 0 Å². The van der Waals surface area contributed by atoms with Crippen molar-refractivity contribution in [2.75, 3.05) is 0 Å². The number of carbonyl (C=O) groups excluding carboxylic acids is 2. The second kappa shape index (κ2) is 7.77. The van der Waals surface area contributed by atoms with E-state index < -0.39 is 5.41 Å². The van der Waals surface area contributed by atoms with E-state index in [9.17, 15) is 9.59 Å². The predicted octanol–water partition coefficient (Wildman–Crippen LogP) is 4.05. The van der Waals surface area contributed by atoms with E-state index in [1.807, 2.05) is 18.2 Å². The fourth-order valence-electron chi connectivity index (χ4n) is 4.68. The summed E-state index contributed by atoms with van der Waals surface area (Å²) in [5, 5.41) is -0.0103. The van der Waals surface area contributed by atoms with Gasteiger partial charge in [-0.3, -0.25) is 9.59 Å². The van der Waals surface area contributed by atoms with Crippen molar-refractivity contribution in [3.63, 3.8) is 0 Å². The van der Waals surface area contributed by atoms with E-state index in [1.165, 1.54) is 0 Å². The average molecular weight is 364 g/mol. The Hall–Kier alpha value is -1.55. The second-order valence-electron chi connectivity index (χ2n) is 7.44. The number of hydrogen-bond acceptors (Lipinski definition) is 3. The molecule has 0 aromatic heterocycles. The first kappa shape index (κ1) is 18.2. The number of halogens is 1. The predicted molar refractivity (Wildman–Crippen MR) is 97.3 cm³/mol. The smallest absolute Gasteiger partial charge is 0.314 e. The van der Waals surface area contributed by atoms with Gasteiger partial charge in [0.25, 0.3) is 0 Å². The highest BCUT2D eigenvalue weighted by Gasteiger charge is 2.52. The lowest BCUT2D eigenvalue weighted by molar-refractivity contribution is -0.149. The summed E-state index contributed by atoms with van der Waals surface area (Å²) in [6.07, 6.45) is 6.66. The van der Waals surface area contributed by atoms with Crippen molar-refractivity contribution < 1.29 is 14.3 Å². The van der Waals surface area contributed by atoms with Crippen LogP contribution in [0.2, 0.25) is 0 Å². The molecule has 3 unspecified atom stereocenters. The van der Waals surface area contributed by atoms with Crippen molar-refractivity contribution in [2.24, 2.45) is 23.0 Å². The minimum atomic E-state index is -0.619. The Balaban J connectivity index is 1.85. The molecule has 3 rings (SSSR count). The number of carbonyl (C=O) groups is 2. The molecule has 1 aromatic rings. The molecule has 2 aliphatic carbocycles. The molecule has 2 saturated carbocycles. The van der Waals surface area contributed by atoms with Crippen LogP contribution in [0.1, 0.15) is 51.4 Å². The molecule has 3 atom stereocenters. The lowest BCUT2D eigenvalue weighted by Crippen LogP contribution is -2.51. The molecule has 2 fully saturated rings. The van der Waals surface area contributed by atoms with Gasteiger partial charge < -0.3 is 10.5 Å². The number of amides is 1. The van der Waals surface area contributed by atoms with Crippen molar-refractivity contribution in [2.45, 2.75) is 56.7 Å². The fraction of sp³-hybridized carbons (Fsp3) is 0.600. The van der Waals surface area contributed by atoms with Gasteiger partial charge in [0.15, 0.2) is 0 Å². The highest BCUT2D eigenvalue weighted by molar-refractivity contribution is 6.20. The van der Waals surface area contributed by atoms with Crippen LogP contribution in [0.15, 0.2) is 30.3 Å². The molecule has 0 heterocycles. The van der Waals surface area contributed by atoms with Gasteiger partial charge >= 0.3 is 5.97 Å². The molecule has 136 valence electrons. The molecule has 0 spiro atoms. The number of nitrogens with two attached hydrogens (primary N) is 1. The van der Waals surface area contributed by atoms with Crippen LogP contribution < -0.4 is 10.5 Å². The SMILES string of the molecule is NC(=O)C1(C2CC(Cl)CCC2C(=O)Oc2ccccc2)CCCCC1. The molecule has 4 nitrogen and oxygen atoms in total. The van der Waals surface area contributed by atoms with Crippen LogP contribution in [0.3, 0.4) is 0 Å². The molecule has 0 bridgehead atoms. The summed E-state index contributed by atoms with van der Waals surface area (Å²) in [4.78, 5) is 25.3. The van der Waals surface area contributed by atoms with E-state index in [4.69, 9.17) is 22.1 Å². The Morgan fingerprint density at radius 1 is 1.08 bits per heavy atom. The third-order valence-electron chi connectivity index (χ3n) is 6.00. The third kappa shape index (κ3) is 3.84. The van der Waals surface area contributed by atoms with E-state index >= 15 is 0 Å². The summed E-state index contributed by atoms with van der Waals surface area (Å²) in [6, 6.07) is 9.08. The number of benzene rings is 1. The lowest BCUT2D eigenvalue weighted by Gasteiger charge is -2.46. The number of esters is 1. The van der Waals surface area contributed by atoms with E-state index in [0.717, 1.165) is 38.5 Å². The van der Waals surface area contributed by atoms with Gasteiger partial charge in [-0.15, -0.1) is 11.6 Å². The summed E-state index contributed by atoms with van der Waals surface area (Å²) in [7, 11) is 0. The molecule has 2 aliphatic rings. The van der Waals surface area contributed by atoms with Gasteiger partial charge in [-0.25, -0.2) is 0 Å². The van der Waals surface area contributed by atoms with Crippen LogP contribution in [-0.4, -0.2) is 17.3 Å². The highest BCUT2D eigenvalue weighted by atomic mass is 35.5. The molecule has 1 aromatic carbocycles. The molecule has 0 radical (unpaired) electrons. The monoisotopic (exact) mass is 363 g/mol. The maximum atomic E-state index is 12.9. The Morgan fingerprint density at radius 2 is 1.76 bits per heavy atom. The third-order valence-corrected chi connectivity index (χ3v) is 6.39. The number of ether oxygens (including phenoxy) is 1. The van der Waals surface area contributed by atoms with Crippen LogP contribution in [-0.2, 0) is 9.59 Å². The first-order valence-electron chi connectivity index (χ1n) is 9.23. The van der Waals surface area contributed by atoms with Crippen molar-refractivity contribution in [1.29, 1.82) is 0 Å². The molecule has 0 aliphatic heterocycles. The van der Waals surface area contributed by atoms with E-state index in [1.54, 1.807) is 12.1 Å². The van der Waals surface area contributed by atoms with Gasteiger partial charge in [-0.2, -0.15) is 0 Å². The van der Waals surface area contributed by atoms with Gasteiger partial charge in [0, 0.05) is 5.38 Å². The van der Waals surface area contributed by atoms with E-state index in [2.05, 4.69) is 0 Å². The summed E-state index contributed by atoms with van der Waals surface area (Å²) in [6.45, 7) is 0. The Labute approximate surface area is 154 Å². The highest BCUT2D eigenvalue weighted by Crippen LogP contribution is 2.51. The number of primary amides is 1. The Kier molecular flexibility index (Phi) is 5.67. The first-order chi connectivity index (χ1) is 12.0. The maximum absolute atomic E-state index is 12.9. The topological polar surface area (TPSA) is 69.4 Å². The van der Waals surface area contributed by atoms with Gasteiger partial charge in [0.1, 0.15) is 5.75 Å². The number of para-hydroxylation sites is 1. The number of hydrogen-bond donors (Lipinski definition) is 1. The first-order valence-corrected chi connectivity index (χ1v) is 9.67. The molecule has 5 heteroatoms. The van der Waals surface area contributed by atoms with Crippen molar-refractivity contribution >= 4 is 23.5 Å². The lowest BCUT2D eigenvalue weighted by atomic mass is 9.58. The van der Waals surface area contributed by atoms with Crippen molar-refractivity contribution in [3.05, 3.63) is 30.3 Å². The van der Waals surface area contributed by atoms with E-state index in [0.29, 0.717) is 18.6 Å². The van der Waals surface area contributed by atoms with Crippen LogP contribution in [0.5, 0.6) is 5.75 Å². The number of alkyl halides is 1. The summed E-state index contributed by atoms with van der Waals surface area (Å²) in [5.74, 6) is -0.443. The summed E-state index contributed by atoms with van der Waals surface area (Å²) < 4.78 is 5.60. The maximum Gasteiger partial charge on any atom is 0.314 e. The van der Waals surface area contributed by atoms with Crippen molar-refractivity contribution in [3.8, 4) is 5.75 Å². The van der Waals surface area contributed by atoms with Gasteiger partial charge in [-0.1, -0.05) is 37.5 Å². The zero-order valence-electron chi connectivity index (χ0n) is 14.5. The van der Waals surface area contributed by atoms with Crippen LogP contribution >= 0.6 is 11.6 Å². The van der Waals surface area contributed by atoms with Crippen LogP contribution in [0.25, 0.3) is 0 Å². The number of rotatable bonds is 4. The van der Waals surface area contributed by atoms with Gasteiger partial charge in [0.2, 0.25) is 5.91 Å². The molecular formula is C20H26ClNO3. The zero-order chi connectivity index (χ0) is 17.9. The minimum absolute atomic E-state index is 0.0103. The molecular weight excluding hydrogens is 338 g/mol. The Bertz CT molecular complexity index is 613. The molecule has 0 saturated heterocycles. The fourth-order valence-corrected chi connectivity index (χ4v) is 4.99. The largest absolute Gasteiger partial charge is 0.426 e. The van der Waals surface area contributed by atoms with E-state index in [-0.39, 0.29) is 29.1 Å². The average Bonchev–Trinajstić information content (AvgIpc) is 2.63.